The SMILES string of the molecule is Cc1ccc2c(c1)C(C)(C)c1cc(-c3ccc(-c4c5ccccc5c(-c5ccccc5)c5ccccc45)cc3)c3c(C)cc(C)cc3c1-2. The van der Waals surface area contributed by atoms with E-state index in [1.54, 1.807) is 0 Å². The maximum absolute atomic E-state index is 2.50. The molecule has 0 unspecified atom stereocenters. The van der Waals surface area contributed by atoms with Crippen LogP contribution in [0.15, 0.2) is 140 Å². The Hall–Kier alpha value is -5.46. The third kappa shape index (κ3) is 4.15. The minimum absolute atomic E-state index is 0.0739. The normalized spacial score (nSPS) is 13.3. The second-order valence-corrected chi connectivity index (χ2v) is 14.3. The number of benzene rings is 8. The van der Waals surface area contributed by atoms with E-state index in [9.17, 15) is 0 Å². The summed E-state index contributed by atoms with van der Waals surface area (Å²) in [5.41, 5.74) is 17.2. The van der Waals surface area contributed by atoms with Gasteiger partial charge >= 0.3 is 0 Å². The van der Waals surface area contributed by atoms with Gasteiger partial charge in [0.15, 0.2) is 0 Å². The first-order chi connectivity index (χ1) is 23.3. The maximum atomic E-state index is 2.50. The first-order valence-electron chi connectivity index (χ1n) is 17.1. The van der Waals surface area contributed by atoms with E-state index >= 15 is 0 Å². The molecule has 9 rings (SSSR count). The minimum atomic E-state index is -0.0739. The number of hydrogen-bond acceptors (Lipinski definition) is 0. The summed E-state index contributed by atoms with van der Waals surface area (Å²) < 4.78 is 0. The van der Waals surface area contributed by atoms with E-state index in [4.69, 9.17) is 0 Å². The van der Waals surface area contributed by atoms with Crippen molar-refractivity contribution in [3.8, 4) is 44.5 Å². The molecular formula is C48H38. The molecule has 0 heterocycles. The lowest BCUT2D eigenvalue weighted by Gasteiger charge is -2.24. The highest BCUT2D eigenvalue weighted by Gasteiger charge is 2.37. The van der Waals surface area contributed by atoms with Gasteiger partial charge in [-0.05, 0) is 120 Å². The van der Waals surface area contributed by atoms with Gasteiger partial charge < -0.3 is 0 Å². The second kappa shape index (κ2) is 10.5. The highest BCUT2D eigenvalue weighted by molar-refractivity contribution is 6.21. The summed E-state index contributed by atoms with van der Waals surface area (Å²) in [5, 5.41) is 7.87. The lowest BCUT2D eigenvalue weighted by molar-refractivity contribution is 0.660. The van der Waals surface area contributed by atoms with Crippen molar-refractivity contribution in [2.45, 2.75) is 40.0 Å². The fourth-order valence-corrected chi connectivity index (χ4v) is 8.68. The molecule has 0 aliphatic heterocycles. The zero-order valence-corrected chi connectivity index (χ0v) is 28.3. The highest BCUT2D eigenvalue weighted by atomic mass is 14.4. The lowest BCUT2D eigenvalue weighted by atomic mass is 9.79. The van der Waals surface area contributed by atoms with Gasteiger partial charge in [0.05, 0.1) is 0 Å². The molecule has 8 aromatic carbocycles. The van der Waals surface area contributed by atoms with Crippen molar-refractivity contribution in [2.75, 3.05) is 0 Å². The molecule has 1 aliphatic rings. The van der Waals surface area contributed by atoms with E-state index < -0.39 is 0 Å². The van der Waals surface area contributed by atoms with E-state index in [1.165, 1.54) is 105 Å². The third-order valence-electron chi connectivity index (χ3n) is 10.8. The topological polar surface area (TPSA) is 0 Å². The number of aryl methyl sites for hydroxylation is 3. The van der Waals surface area contributed by atoms with E-state index in [0.29, 0.717) is 0 Å². The van der Waals surface area contributed by atoms with Crippen LogP contribution in [-0.4, -0.2) is 0 Å². The summed E-state index contributed by atoms with van der Waals surface area (Å²) in [6, 6.07) is 52.3. The standard InChI is InChI=1S/C48H38/c1-29-19-24-39-42(27-29)48(4,5)43-28-40(44-31(3)25-30(2)26-41(44)47(39)43)32-20-22-34(23-21-32)46-37-17-11-9-15-35(37)45(33-13-7-6-8-14-33)36-16-10-12-18-38(36)46/h6-28H,1-5H3. The third-order valence-corrected chi connectivity index (χ3v) is 10.8. The van der Waals surface area contributed by atoms with Crippen LogP contribution >= 0.6 is 0 Å². The predicted molar refractivity (Wildman–Crippen MR) is 207 cm³/mol. The molecule has 0 spiro atoms. The van der Waals surface area contributed by atoms with Crippen LogP contribution in [0.1, 0.15) is 41.7 Å². The molecule has 0 saturated carbocycles. The summed E-state index contributed by atoms with van der Waals surface area (Å²) in [6.07, 6.45) is 0. The van der Waals surface area contributed by atoms with Crippen molar-refractivity contribution in [2.24, 2.45) is 0 Å². The Balaban J connectivity index is 1.27. The number of fused-ring (bicyclic) bond motifs is 7. The molecule has 230 valence electrons. The Kier molecular flexibility index (Phi) is 6.30. The number of hydrogen-bond donors (Lipinski definition) is 0. The van der Waals surface area contributed by atoms with Crippen LogP contribution in [0.2, 0.25) is 0 Å². The van der Waals surface area contributed by atoms with Crippen LogP contribution in [0.3, 0.4) is 0 Å². The molecule has 0 nitrogen and oxygen atoms in total. The molecule has 1 aliphatic carbocycles. The monoisotopic (exact) mass is 614 g/mol. The van der Waals surface area contributed by atoms with Gasteiger partial charge in [-0.3, -0.25) is 0 Å². The maximum Gasteiger partial charge on any atom is 0.0159 e. The Morgan fingerprint density at radius 2 is 0.917 bits per heavy atom. The first kappa shape index (κ1) is 28.7. The van der Waals surface area contributed by atoms with Gasteiger partial charge in [-0.15, -0.1) is 0 Å². The average molecular weight is 615 g/mol. The fourth-order valence-electron chi connectivity index (χ4n) is 8.68. The summed E-state index contributed by atoms with van der Waals surface area (Å²) >= 11 is 0. The fraction of sp³-hybridized carbons (Fsp3) is 0.125. The van der Waals surface area contributed by atoms with Gasteiger partial charge in [-0.1, -0.05) is 158 Å². The highest BCUT2D eigenvalue weighted by Crippen LogP contribution is 2.54. The molecule has 8 aromatic rings. The smallest absolute Gasteiger partial charge is 0.0159 e. The Morgan fingerprint density at radius 1 is 0.375 bits per heavy atom. The molecule has 0 radical (unpaired) electrons. The summed E-state index contributed by atoms with van der Waals surface area (Å²) in [7, 11) is 0. The van der Waals surface area contributed by atoms with E-state index in [-0.39, 0.29) is 5.41 Å². The molecule has 0 atom stereocenters. The van der Waals surface area contributed by atoms with Crippen molar-refractivity contribution in [1.29, 1.82) is 0 Å². The van der Waals surface area contributed by atoms with Crippen LogP contribution in [0, 0.1) is 20.8 Å². The Labute approximate surface area is 283 Å². The van der Waals surface area contributed by atoms with Crippen molar-refractivity contribution in [3.63, 3.8) is 0 Å². The van der Waals surface area contributed by atoms with Gasteiger partial charge in [-0.25, -0.2) is 0 Å². The van der Waals surface area contributed by atoms with Gasteiger partial charge in [0.1, 0.15) is 0 Å². The van der Waals surface area contributed by atoms with Crippen LogP contribution in [-0.2, 0) is 5.41 Å². The van der Waals surface area contributed by atoms with Crippen molar-refractivity contribution in [1.82, 2.24) is 0 Å². The zero-order valence-electron chi connectivity index (χ0n) is 28.3. The zero-order chi connectivity index (χ0) is 32.7. The van der Waals surface area contributed by atoms with Crippen LogP contribution < -0.4 is 0 Å². The van der Waals surface area contributed by atoms with E-state index in [2.05, 4.69) is 174 Å². The lowest BCUT2D eigenvalue weighted by Crippen LogP contribution is -2.15. The molecule has 0 amide bonds. The molecule has 0 aromatic heterocycles. The van der Waals surface area contributed by atoms with Crippen molar-refractivity contribution >= 4 is 32.3 Å². The van der Waals surface area contributed by atoms with Gasteiger partial charge in [0.25, 0.3) is 0 Å². The van der Waals surface area contributed by atoms with Gasteiger partial charge in [0, 0.05) is 5.41 Å². The second-order valence-electron chi connectivity index (χ2n) is 14.3. The molecule has 0 heteroatoms. The minimum Gasteiger partial charge on any atom is -0.0622 e. The Bertz CT molecular complexity index is 2520. The van der Waals surface area contributed by atoms with E-state index in [1.807, 2.05) is 0 Å². The van der Waals surface area contributed by atoms with Crippen LogP contribution in [0.5, 0.6) is 0 Å². The van der Waals surface area contributed by atoms with Crippen molar-refractivity contribution < 1.29 is 0 Å². The Morgan fingerprint density at radius 3 is 1.52 bits per heavy atom. The largest absolute Gasteiger partial charge is 0.0622 e. The molecule has 48 heavy (non-hydrogen) atoms. The molecule has 0 fully saturated rings. The summed E-state index contributed by atoms with van der Waals surface area (Å²) in [4.78, 5) is 0. The summed E-state index contributed by atoms with van der Waals surface area (Å²) in [5.74, 6) is 0. The quantitative estimate of drug-likeness (QED) is 0.174. The van der Waals surface area contributed by atoms with Gasteiger partial charge in [-0.2, -0.15) is 0 Å². The van der Waals surface area contributed by atoms with Crippen LogP contribution in [0.4, 0.5) is 0 Å². The van der Waals surface area contributed by atoms with Crippen LogP contribution in [0.25, 0.3) is 76.8 Å². The van der Waals surface area contributed by atoms with Crippen molar-refractivity contribution in [3.05, 3.63) is 167 Å². The summed E-state index contributed by atoms with van der Waals surface area (Å²) in [6.45, 7) is 11.5. The molecule has 0 N–H and O–H groups in total. The molecule has 0 saturated heterocycles. The predicted octanol–water partition coefficient (Wildman–Crippen LogP) is 13.4. The van der Waals surface area contributed by atoms with Gasteiger partial charge in [0.2, 0.25) is 0 Å². The first-order valence-corrected chi connectivity index (χ1v) is 17.1. The van der Waals surface area contributed by atoms with E-state index in [0.717, 1.165) is 0 Å². The number of rotatable bonds is 3. The molecule has 0 bridgehead atoms. The average Bonchev–Trinajstić information content (AvgIpc) is 3.32. The molecular weight excluding hydrogens is 577 g/mol.